The lowest BCUT2D eigenvalue weighted by Gasteiger charge is -2.08. The van der Waals surface area contributed by atoms with Gasteiger partial charge in [0.2, 0.25) is 0 Å². The van der Waals surface area contributed by atoms with Gasteiger partial charge < -0.3 is 11.1 Å². The number of hydrogen-bond acceptors (Lipinski definition) is 1. The summed E-state index contributed by atoms with van der Waals surface area (Å²) in [5.74, 6) is 0.191. The van der Waals surface area contributed by atoms with Gasteiger partial charge in [-0.05, 0) is 32.4 Å². The third-order valence-electron chi connectivity index (χ3n) is 2.87. The van der Waals surface area contributed by atoms with E-state index < -0.39 is 0 Å². The zero-order valence-corrected chi connectivity index (χ0v) is 11.2. The summed E-state index contributed by atoms with van der Waals surface area (Å²) in [6.45, 7) is 3.97. The van der Waals surface area contributed by atoms with Gasteiger partial charge in [-0.2, -0.15) is 0 Å². The van der Waals surface area contributed by atoms with E-state index in [1.54, 1.807) is 12.1 Å². The highest BCUT2D eigenvalue weighted by Gasteiger charge is 2.41. The predicted molar refractivity (Wildman–Crippen MR) is 72.5 cm³/mol. The highest BCUT2D eigenvalue weighted by molar-refractivity contribution is 6.31. The lowest BCUT2D eigenvalue weighted by atomic mass is 10.1. The van der Waals surface area contributed by atoms with Crippen molar-refractivity contribution in [3.63, 3.8) is 0 Å². The van der Waals surface area contributed by atoms with Crippen molar-refractivity contribution < 1.29 is 4.39 Å². The topological polar surface area (TPSA) is 50.4 Å². The third kappa shape index (κ3) is 2.93. The summed E-state index contributed by atoms with van der Waals surface area (Å²) in [4.78, 5) is 4.33. The van der Waals surface area contributed by atoms with Crippen LogP contribution in [0.1, 0.15) is 31.7 Å². The van der Waals surface area contributed by atoms with Gasteiger partial charge in [0, 0.05) is 22.5 Å². The van der Waals surface area contributed by atoms with Gasteiger partial charge in [0.05, 0.1) is 6.04 Å². The van der Waals surface area contributed by atoms with E-state index in [1.807, 2.05) is 13.8 Å². The average Bonchev–Trinajstić information content (AvgIpc) is 2.95. The maximum Gasteiger partial charge on any atom is 0.189 e. The van der Waals surface area contributed by atoms with Crippen LogP contribution in [0.15, 0.2) is 23.2 Å². The second-order valence-electron chi connectivity index (χ2n) is 4.86. The smallest absolute Gasteiger partial charge is 0.189 e. The molecule has 0 amide bonds. The SMILES string of the molecule is CC(C)NC(N)=NC1CC1c1c(F)cccc1Cl. The molecule has 1 fully saturated rings. The van der Waals surface area contributed by atoms with Crippen LogP contribution in [0.2, 0.25) is 5.02 Å². The molecule has 1 aromatic rings. The molecule has 1 saturated carbocycles. The normalized spacial score (nSPS) is 23.3. The van der Waals surface area contributed by atoms with Gasteiger partial charge in [-0.15, -0.1) is 0 Å². The zero-order chi connectivity index (χ0) is 13.3. The molecule has 5 heteroatoms. The van der Waals surface area contributed by atoms with Crippen LogP contribution in [0, 0.1) is 5.82 Å². The summed E-state index contributed by atoms with van der Waals surface area (Å²) in [6.07, 6.45) is 0.793. The van der Waals surface area contributed by atoms with Gasteiger partial charge in [0.15, 0.2) is 5.96 Å². The number of benzene rings is 1. The molecule has 98 valence electrons. The summed E-state index contributed by atoms with van der Waals surface area (Å²) in [5.41, 5.74) is 6.30. The minimum Gasteiger partial charge on any atom is -0.370 e. The summed E-state index contributed by atoms with van der Waals surface area (Å²) in [6, 6.07) is 5.01. The Balaban J connectivity index is 2.07. The van der Waals surface area contributed by atoms with Gasteiger partial charge in [-0.3, -0.25) is 0 Å². The lowest BCUT2D eigenvalue weighted by Crippen LogP contribution is -2.37. The highest BCUT2D eigenvalue weighted by atomic mass is 35.5. The number of aliphatic imine (C=N–C) groups is 1. The van der Waals surface area contributed by atoms with Crippen LogP contribution in [-0.2, 0) is 0 Å². The van der Waals surface area contributed by atoms with E-state index in [2.05, 4.69) is 10.3 Å². The molecule has 2 unspecified atom stereocenters. The Hall–Kier alpha value is -1.29. The Morgan fingerprint density at radius 2 is 2.28 bits per heavy atom. The number of halogens is 2. The van der Waals surface area contributed by atoms with E-state index in [0.717, 1.165) is 6.42 Å². The van der Waals surface area contributed by atoms with E-state index in [9.17, 15) is 4.39 Å². The van der Waals surface area contributed by atoms with Crippen molar-refractivity contribution in [2.75, 3.05) is 0 Å². The van der Waals surface area contributed by atoms with E-state index in [0.29, 0.717) is 16.5 Å². The van der Waals surface area contributed by atoms with E-state index in [1.165, 1.54) is 6.07 Å². The van der Waals surface area contributed by atoms with Crippen molar-refractivity contribution in [3.8, 4) is 0 Å². The quantitative estimate of drug-likeness (QED) is 0.655. The fourth-order valence-electron chi connectivity index (χ4n) is 2.01. The molecular formula is C13H17ClFN3. The number of nitrogens with zero attached hydrogens (tertiary/aromatic N) is 1. The van der Waals surface area contributed by atoms with Crippen molar-refractivity contribution in [2.24, 2.45) is 10.7 Å². The number of nitrogens with one attached hydrogen (secondary N) is 1. The molecule has 0 saturated heterocycles. The third-order valence-corrected chi connectivity index (χ3v) is 3.20. The Labute approximate surface area is 111 Å². The molecule has 1 aliphatic rings. The molecule has 0 spiro atoms. The number of guanidine groups is 1. The van der Waals surface area contributed by atoms with Gasteiger partial charge in [-0.25, -0.2) is 9.38 Å². The Bertz CT molecular complexity index is 453. The first-order valence-corrected chi connectivity index (χ1v) is 6.40. The second kappa shape index (κ2) is 5.14. The molecule has 0 bridgehead atoms. The largest absolute Gasteiger partial charge is 0.370 e. The number of hydrogen-bond donors (Lipinski definition) is 2. The molecule has 0 aliphatic heterocycles. The first-order valence-electron chi connectivity index (χ1n) is 6.02. The summed E-state index contributed by atoms with van der Waals surface area (Å²) in [7, 11) is 0. The van der Waals surface area contributed by atoms with E-state index in [-0.39, 0.29) is 23.8 Å². The standard InChI is InChI=1S/C13H17ClFN3/c1-7(2)17-13(16)18-11-6-8(11)12-9(14)4-3-5-10(12)15/h3-5,7-8,11H,6H2,1-2H3,(H3,16,17,18). The minimum atomic E-state index is -0.263. The lowest BCUT2D eigenvalue weighted by molar-refractivity contribution is 0.609. The van der Waals surface area contributed by atoms with Crippen LogP contribution < -0.4 is 11.1 Å². The van der Waals surface area contributed by atoms with Gasteiger partial charge in [-0.1, -0.05) is 17.7 Å². The van der Waals surface area contributed by atoms with Crippen molar-refractivity contribution in [1.82, 2.24) is 5.32 Å². The summed E-state index contributed by atoms with van der Waals surface area (Å²) < 4.78 is 13.7. The average molecular weight is 270 g/mol. The first-order chi connectivity index (χ1) is 8.49. The fourth-order valence-corrected chi connectivity index (χ4v) is 2.31. The van der Waals surface area contributed by atoms with Gasteiger partial charge >= 0.3 is 0 Å². The molecule has 3 nitrogen and oxygen atoms in total. The molecule has 2 atom stereocenters. The molecule has 1 aliphatic carbocycles. The van der Waals surface area contributed by atoms with E-state index >= 15 is 0 Å². The minimum absolute atomic E-state index is 0.0330. The van der Waals surface area contributed by atoms with Crippen LogP contribution >= 0.6 is 11.6 Å². The van der Waals surface area contributed by atoms with Gasteiger partial charge in [0.25, 0.3) is 0 Å². The van der Waals surface area contributed by atoms with Crippen molar-refractivity contribution in [2.45, 2.75) is 38.3 Å². The second-order valence-corrected chi connectivity index (χ2v) is 5.27. The molecule has 2 rings (SSSR count). The molecule has 0 aromatic heterocycles. The van der Waals surface area contributed by atoms with Crippen LogP contribution in [-0.4, -0.2) is 18.0 Å². The van der Waals surface area contributed by atoms with E-state index in [4.69, 9.17) is 17.3 Å². The monoisotopic (exact) mass is 269 g/mol. The number of rotatable bonds is 3. The maximum atomic E-state index is 13.7. The maximum absolute atomic E-state index is 13.7. The van der Waals surface area contributed by atoms with Gasteiger partial charge in [0.1, 0.15) is 5.82 Å². The Morgan fingerprint density at radius 1 is 1.56 bits per heavy atom. The molecule has 1 aromatic carbocycles. The molecular weight excluding hydrogens is 253 g/mol. The number of nitrogens with two attached hydrogens (primary N) is 1. The molecule has 0 radical (unpaired) electrons. The predicted octanol–water partition coefficient (Wildman–Crippen LogP) is 2.65. The van der Waals surface area contributed by atoms with Crippen LogP contribution in [0.3, 0.4) is 0 Å². The molecule has 3 N–H and O–H groups in total. The summed E-state index contributed by atoms with van der Waals surface area (Å²) >= 11 is 6.02. The molecule has 18 heavy (non-hydrogen) atoms. The van der Waals surface area contributed by atoms with Crippen molar-refractivity contribution in [1.29, 1.82) is 0 Å². The fraction of sp³-hybridized carbons (Fsp3) is 0.462. The van der Waals surface area contributed by atoms with Crippen molar-refractivity contribution in [3.05, 3.63) is 34.6 Å². The van der Waals surface area contributed by atoms with Crippen LogP contribution in [0.4, 0.5) is 4.39 Å². The highest BCUT2D eigenvalue weighted by Crippen LogP contribution is 2.46. The van der Waals surface area contributed by atoms with Crippen LogP contribution in [0.5, 0.6) is 0 Å². The first kappa shape index (κ1) is 13.1. The molecule has 0 heterocycles. The van der Waals surface area contributed by atoms with Crippen molar-refractivity contribution >= 4 is 17.6 Å². The zero-order valence-electron chi connectivity index (χ0n) is 10.5. The Morgan fingerprint density at radius 3 is 2.89 bits per heavy atom. The summed E-state index contributed by atoms with van der Waals surface area (Å²) in [5, 5.41) is 3.48. The Kier molecular flexibility index (Phi) is 3.76. The van der Waals surface area contributed by atoms with Crippen LogP contribution in [0.25, 0.3) is 0 Å².